The van der Waals surface area contributed by atoms with Crippen LogP contribution in [0.5, 0.6) is 0 Å². The number of carbonyl (C=O) groups excluding carboxylic acids is 3. The van der Waals surface area contributed by atoms with Gasteiger partial charge in [0.25, 0.3) is 0 Å². The molecule has 0 radical (unpaired) electrons. The summed E-state index contributed by atoms with van der Waals surface area (Å²) >= 11 is 0. The van der Waals surface area contributed by atoms with Crippen molar-refractivity contribution in [1.29, 1.82) is 0 Å². The molecule has 4 rings (SSSR count). The second kappa shape index (κ2) is 13.2. The Labute approximate surface area is 222 Å². The van der Waals surface area contributed by atoms with Gasteiger partial charge in [0.15, 0.2) is 0 Å². The summed E-state index contributed by atoms with van der Waals surface area (Å²) in [5.74, 6) is -0.0161. The van der Waals surface area contributed by atoms with Crippen LogP contribution in [0.25, 0.3) is 0 Å². The van der Waals surface area contributed by atoms with Crippen LogP contribution in [0.2, 0.25) is 0 Å². The third-order valence-electron chi connectivity index (χ3n) is 6.12. The average Bonchev–Trinajstić information content (AvgIpc) is 3.25. The van der Waals surface area contributed by atoms with E-state index in [1.807, 2.05) is 65.6 Å². The standard InChI is InChI=1S/C29H32N6O3/c30-24-11-5-2-6-12-25(24)33-27(36)15-14-22-10-7-13-26(32-18-22)31-16-17-35-28(37)20-34(21-29(35)38)19-23-8-3-1-4-9-23/h1-6,8-11,13-15,18,31H,7,12,16-17,19-21,30H2,(H,33,36)/b15-14+. The van der Waals surface area contributed by atoms with E-state index in [1.165, 1.54) is 11.0 Å². The number of nitrogens with two attached hydrogens (primary N) is 1. The lowest BCUT2D eigenvalue weighted by Crippen LogP contribution is -2.54. The Kier molecular flexibility index (Phi) is 9.20. The number of imide groups is 1. The van der Waals surface area contributed by atoms with Gasteiger partial charge in [0, 0.05) is 44.0 Å². The highest BCUT2D eigenvalue weighted by Crippen LogP contribution is 2.12. The third-order valence-corrected chi connectivity index (χ3v) is 6.12. The number of benzene rings is 1. The zero-order chi connectivity index (χ0) is 26.7. The minimum atomic E-state index is -0.269. The van der Waals surface area contributed by atoms with Gasteiger partial charge in [-0.05, 0) is 35.8 Å². The Hall–Kier alpha value is -4.50. The highest BCUT2D eigenvalue weighted by molar-refractivity contribution is 5.99. The number of nitrogens with one attached hydrogen (secondary N) is 2. The molecule has 1 aromatic rings. The van der Waals surface area contributed by atoms with Crippen molar-refractivity contribution in [3.63, 3.8) is 0 Å². The number of hydrogen-bond acceptors (Lipinski definition) is 7. The zero-order valence-electron chi connectivity index (χ0n) is 21.2. The fourth-order valence-corrected chi connectivity index (χ4v) is 4.16. The van der Waals surface area contributed by atoms with Gasteiger partial charge in [-0.1, -0.05) is 54.6 Å². The van der Waals surface area contributed by atoms with Gasteiger partial charge in [0.2, 0.25) is 17.7 Å². The van der Waals surface area contributed by atoms with Crippen LogP contribution in [0.3, 0.4) is 0 Å². The van der Waals surface area contributed by atoms with Crippen LogP contribution < -0.4 is 16.4 Å². The Balaban J connectivity index is 1.21. The zero-order valence-corrected chi connectivity index (χ0v) is 21.2. The van der Waals surface area contributed by atoms with Crippen molar-refractivity contribution >= 4 is 23.9 Å². The molecule has 9 nitrogen and oxygen atoms in total. The van der Waals surface area contributed by atoms with Crippen molar-refractivity contribution < 1.29 is 14.4 Å². The highest BCUT2D eigenvalue weighted by Gasteiger charge is 2.30. The van der Waals surface area contributed by atoms with E-state index in [-0.39, 0.29) is 37.4 Å². The highest BCUT2D eigenvalue weighted by atomic mass is 16.2. The van der Waals surface area contributed by atoms with Crippen LogP contribution >= 0.6 is 0 Å². The van der Waals surface area contributed by atoms with Gasteiger partial charge in [0.1, 0.15) is 5.82 Å². The Bertz CT molecular complexity index is 1250. The largest absolute Gasteiger partial charge is 0.397 e. The van der Waals surface area contributed by atoms with E-state index < -0.39 is 0 Å². The number of allylic oxidation sites excluding steroid dienone is 8. The normalized spacial score (nSPS) is 18.4. The molecule has 1 fully saturated rings. The van der Waals surface area contributed by atoms with Gasteiger partial charge >= 0.3 is 0 Å². The predicted octanol–water partition coefficient (Wildman–Crippen LogP) is 2.05. The average molecular weight is 513 g/mol. The van der Waals surface area contributed by atoms with Gasteiger partial charge in [-0.15, -0.1) is 0 Å². The van der Waals surface area contributed by atoms with E-state index in [0.717, 1.165) is 11.1 Å². The molecule has 4 N–H and O–H groups in total. The maximum atomic E-state index is 12.6. The minimum absolute atomic E-state index is 0.196. The summed E-state index contributed by atoms with van der Waals surface area (Å²) < 4.78 is 0. The van der Waals surface area contributed by atoms with E-state index in [1.54, 1.807) is 18.4 Å². The molecule has 1 saturated heterocycles. The second-order valence-corrected chi connectivity index (χ2v) is 9.03. The number of hydrogen-bond donors (Lipinski definition) is 3. The smallest absolute Gasteiger partial charge is 0.248 e. The number of carbonyl (C=O) groups is 3. The molecule has 9 heteroatoms. The molecule has 0 atom stereocenters. The molecular formula is C29H32N6O3. The summed E-state index contributed by atoms with van der Waals surface area (Å²) in [6.07, 6.45) is 17.2. The summed E-state index contributed by atoms with van der Waals surface area (Å²) in [4.78, 5) is 45.1. The SMILES string of the molecule is NC1=C(NC(=O)/C=C/C2=CCC=C(NCCN3C(=O)CN(Cc4ccccc4)CC3=O)N=C2)CC=CC=C1. The van der Waals surface area contributed by atoms with Gasteiger partial charge in [-0.3, -0.25) is 24.2 Å². The van der Waals surface area contributed by atoms with Crippen molar-refractivity contribution in [2.75, 3.05) is 26.2 Å². The molecule has 1 aromatic carbocycles. The van der Waals surface area contributed by atoms with Crippen LogP contribution in [0.1, 0.15) is 18.4 Å². The van der Waals surface area contributed by atoms with Gasteiger partial charge in [-0.25, -0.2) is 4.99 Å². The summed E-state index contributed by atoms with van der Waals surface area (Å²) in [6.45, 7) is 1.66. The first kappa shape index (κ1) is 26.6. The maximum absolute atomic E-state index is 12.6. The molecule has 3 aliphatic rings. The Morgan fingerprint density at radius 1 is 1.08 bits per heavy atom. The lowest BCUT2D eigenvalue weighted by molar-refractivity contribution is -0.151. The van der Waals surface area contributed by atoms with Crippen LogP contribution in [-0.4, -0.2) is 59.9 Å². The first-order valence-corrected chi connectivity index (χ1v) is 12.6. The summed E-state index contributed by atoms with van der Waals surface area (Å²) in [7, 11) is 0. The Morgan fingerprint density at radius 2 is 1.87 bits per heavy atom. The van der Waals surface area contributed by atoms with Crippen LogP contribution in [-0.2, 0) is 20.9 Å². The number of aliphatic imine (C=N–C) groups is 1. The Morgan fingerprint density at radius 3 is 2.66 bits per heavy atom. The van der Waals surface area contributed by atoms with Crippen molar-refractivity contribution in [3.05, 3.63) is 107 Å². The van der Waals surface area contributed by atoms with E-state index >= 15 is 0 Å². The number of piperazine rings is 1. The maximum Gasteiger partial charge on any atom is 0.248 e. The lowest BCUT2D eigenvalue weighted by Gasteiger charge is -2.32. The summed E-state index contributed by atoms with van der Waals surface area (Å²) in [6, 6.07) is 9.80. The fraction of sp³-hybridized carbons (Fsp3) is 0.241. The van der Waals surface area contributed by atoms with Gasteiger partial charge in [-0.2, -0.15) is 0 Å². The number of nitrogens with zero attached hydrogens (tertiary/aromatic N) is 3. The fourth-order valence-electron chi connectivity index (χ4n) is 4.16. The second-order valence-electron chi connectivity index (χ2n) is 9.03. The quantitative estimate of drug-likeness (QED) is 0.344. The van der Waals surface area contributed by atoms with Crippen molar-refractivity contribution in [2.24, 2.45) is 10.7 Å². The molecule has 38 heavy (non-hydrogen) atoms. The van der Waals surface area contributed by atoms with E-state index in [9.17, 15) is 14.4 Å². The van der Waals surface area contributed by atoms with Gasteiger partial charge < -0.3 is 16.4 Å². The lowest BCUT2D eigenvalue weighted by atomic mass is 10.2. The topological polar surface area (TPSA) is 120 Å². The van der Waals surface area contributed by atoms with Crippen molar-refractivity contribution in [3.8, 4) is 0 Å². The third kappa shape index (κ3) is 7.75. The molecule has 2 aliphatic heterocycles. The first-order valence-electron chi connectivity index (χ1n) is 12.6. The van der Waals surface area contributed by atoms with Gasteiger partial charge in [0.05, 0.1) is 18.8 Å². The van der Waals surface area contributed by atoms with Crippen LogP contribution in [0.4, 0.5) is 0 Å². The molecule has 1 aliphatic carbocycles. The predicted molar refractivity (Wildman–Crippen MR) is 147 cm³/mol. The molecule has 2 heterocycles. The first-order chi connectivity index (χ1) is 18.5. The molecule has 196 valence electrons. The van der Waals surface area contributed by atoms with Crippen molar-refractivity contribution in [2.45, 2.75) is 19.4 Å². The van der Waals surface area contributed by atoms with E-state index in [0.29, 0.717) is 43.1 Å². The van der Waals surface area contributed by atoms with Crippen LogP contribution in [0.15, 0.2) is 107 Å². The number of rotatable bonds is 9. The molecule has 3 amide bonds. The molecule has 0 unspecified atom stereocenters. The molecule has 0 spiro atoms. The molecular weight excluding hydrogens is 480 g/mol. The summed E-state index contributed by atoms with van der Waals surface area (Å²) in [5.41, 5.74) is 9.02. The monoisotopic (exact) mass is 512 g/mol. The van der Waals surface area contributed by atoms with Crippen molar-refractivity contribution in [1.82, 2.24) is 20.4 Å². The van der Waals surface area contributed by atoms with E-state index in [4.69, 9.17) is 5.73 Å². The molecule has 0 bridgehead atoms. The summed E-state index contributed by atoms with van der Waals surface area (Å²) in [5, 5.41) is 6.01. The minimum Gasteiger partial charge on any atom is -0.397 e. The molecule has 0 aromatic heterocycles. The van der Waals surface area contributed by atoms with E-state index in [2.05, 4.69) is 15.6 Å². The number of amides is 3. The van der Waals surface area contributed by atoms with Crippen LogP contribution in [0, 0.1) is 0 Å². The molecule has 0 saturated carbocycles.